The van der Waals surface area contributed by atoms with Crippen LogP contribution in [0.25, 0.3) is 0 Å². The molecule has 0 saturated carbocycles. The number of methoxy groups -OCH3 is 1. The molecule has 0 saturated heterocycles. The van der Waals surface area contributed by atoms with Gasteiger partial charge < -0.3 is 14.6 Å². The van der Waals surface area contributed by atoms with E-state index in [-0.39, 0.29) is 17.8 Å². The van der Waals surface area contributed by atoms with E-state index in [2.05, 4.69) is 0 Å². The van der Waals surface area contributed by atoms with Crippen LogP contribution in [0.2, 0.25) is 0 Å². The van der Waals surface area contributed by atoms with Crippen molar-refractivity contribution in [1.29, 1.82) is 0 Å². The number of carbonyl (C=O) groups is 1. The van der Waals surface area contributed by atoms with Gasteiger partial charge in [-0.3, -0.25) is 4.79 Å². The van der Waals surface area contributed by atoms with Crippen molar-refractivity contribution in [1.82, 2.24) is 0 Å². The molecule has 1 aromatic carbocycles. The van der Waals surface area contributed by atoms with E-state index in [0.717, 1.165) is 0 Å². The predicted molar refractivity (Wildman–Crippen MR) is 82.5 cm³/mol. The van der Waals surface area contributed by atoms with Gasteiger partial charge >= 0.3 is 5.97 Å². The second-order valence-electron chi connectivity index (χ2n) is 5.94. The van der Waals surface area contributed by atoms with E-state index in [9.17, 15) is 9.90 Å². The number of hydrogen-bond donors (Lipinski definition) is 1. The summed E-state index contributed by atoms with van der Waals surface area (Å²) in [6.45, 7) is 5.93. The Morgan fingerprint density at radius 2 is 1.76 bits per heavy atom. The number of rotatable bonds is 6. The van der Waals surface area contributed by atoms with Crippen molar-refractivity contribution in [2.75, 3.05) is 7.11 Å². The third kappa shape index (κ3) is 6.45. The molecule has 0 spiro atoms. The molecule has 4 nitrogen and oxygen atoms in total. The number of aliphatic hydroxyl groups is 1. The standard InChI is InChI=1S/C17H24O4/c1-17(2,3)15(18)7-5-6-8-16(19)21-14-11-9-13(20-4)10-12-14/h5-6,9-12,15,18H,7-8H2,1-4H3/b6-5+/t15-/m1/s1. The summed E-state index contributed by atoms with van der Waals surface area (Å²) in [5.41, 5.74) is -0.159. The number of carbonyl (C=O) groups excluding carboxylic acids is 1. The van der Waals surface area contributed by atoms with Crippen LogP contribution in [0.4, 0.5) is 0 Å². The predicted octanol–water partition coefficient (Wildman–Crippen LogP) is 3.34. The van der Waals surface area contributed by atoms with Crippen LogP contribution < -0.4 is 9.47 Å². The van der Waals surface area contributed by atoms with Crippen molar-refractivity contribution in [3.8, 4) is 11.5 Å². The molecule has 1 aromatic rings. The first-order valence-electron chi connectivity index (χ1n) is 7.00. The molecule has 0 bridgehead atoms. The summed E-state index contributed by atoms with van der Waals surface area (Å²) in [5, 5.41) is 9.86. The van der Waals surface area contributed by atoms with Crippen molar-refractivity contribution in [3.05, 3.63) is 36.4 Å². The lowest BCUT2D eigenvalue weighted by atomic mass is 9.87. The summed E-state index contributed by atoms with van der Waals surface area (Å²) < 4.78 is 10.2. The number of benzene rings is 1. The van der Waals surface area contributed by atoms with Gasteiger partial charge in [0.2, 0.25) is 0 Å². The quantitative estimate of drug-likeness (QED) is 0.496. The van der Waals surface area contributed by atoms with Gasteiger partial charge in [0.25, 0.3) is 0 Å². The molecule has 0 amide bonds. The van der Waals surface area contributed by atoms with Gasteiger partial charge in [-0.05, 0) is 36.1 Å². The highest BCUT2D eigenvalue weighted by molar-refractivity contribution is 5.73. The van der Waals surface area contributed by atoms with Crippen molar-refractivity contribution < 1.29 is 19.4 Å². The lowest BCUT2D eigenvalue weighted by molar-refractivity contribution is -0.133. The molecule has 4 heteroatoms. The van der Waals surface area contributed by atoms with Gasteiger partial charge in [-0.2, -0.15) is 0 Å². The van der Waals surface area contributed by atoms with Crippen LogP contribution in [0.15, 0.2) is 36.4 Å². The van der Waals surface area contributed by atoms with Gasteiger partial charge in [0.15, 0.2) is 0 Å². The number of hydrogen-bond acceptors (Lipinski definition) is 4. The van der Waals surface area contributed by atoms with Crippen LogP contribution in [0, 0.1) is 5.41 Å². The highest BCUT2D eigenvalue weighted by atomic mass is 16.5. The van der Waals surface area contributed by atoms with Gasteiger partial charge in [0.05, 0.1) is 19.6 Å². The number of ether oxygens (including phenoxy) is 2. The zero-order valence-corrected chi connectivity index (χ0v) is 13.1. The fraction of sp³-hybridized carbons (Fsp3) is 0.471. The molecule has 0 aliphatic rings. The zero-order valence-electron chi connectivity index (χ0n) is 13.1. The molecule has 0 unspecified atom stereocenters. The summed E-state index contributed by atoms with van der Waals surface area (Å²) in [6, 6.07) is 6.84. The van der Waals surface area contributed by atoms with Gasteiger partial charge in [0.1, 0.15) is 11.5 Å². The molecular formula is C17H24O4. The maximum absolute atomic E-state index is 11.6. The summed E-state index contributed by atoms with van der Waals surface area (Å²) in [4.78, 5) is 11.6. The average Bonchev–Trinajstić information content (AvgIpc) is 2.43. The maximum atomic E-state index is 11.6. The Hall–Kier alpha value is -1.81. The Kier molecular flexibility index (Phi) is 6.43. The van der Waals surface area contributed by atoms with E-state index in [1.54, 1.807) is 37.5 Å². The normalized spacial score (nSPS) is 13.2. The SMILES string of the molecule is COc1ccc(OC(=O)C/C=C/C[C@@H](O)C(C)(C)C)cc1. The molecule has 1 atom stereocenters. The Balaban J connectivity index is 2.36. The van der Waals surface area contributed by atoms with E-state index in [4.69, 9.17) is 9.47 Å². The minimum atomic E-state index is -0.425. The highest BCUT2D eigenvalue weighted by Gasteiger charge is 2.20. The number of aliphatic hydroxyl groups excluding tert-OH is 1. The Bertz CT molecular complexity index is 469. The molecule has 0 heterocycles. The van der Waals surface area contributed by atoms with E-state index in [1.165, 1.54) is 0 Å². The summed E-state index contributed by atoms with van der Waals surface area (Å²) in [6.07, 6.45) is 3.82. The van der Waals surface area contributed by atoms with E-state index in [1.807, 2.05) is 26.8 Å². The van der Waals surface area contributed by atoms with Gasteiger partial charge in [-0.15, -0.1) is 0 Å². The first-order chi connectivity index (χ1) is 9.82. The third-order valence-corrected chi connectivity index (χ3v) is 3.10. The van der Waals surface area contributed by atoms with Gasteiger partial charge in [0, 0.05) is 0 Å². The van der Waals surface area contributed by atoms with Crippen LogP contribution in [0.1, 0.15) is 33.6 Å². The largest absolute Gasteiger partial charge is 0.497 e. The van der Waals surface area contributed by atoms with Crippen LogP contribution in [0.5, 0.6) is 11.5 Å². The van der Waals surface area contributed by atoms with E-state index in [0.29, 0.717) is 17.9 Å². The first kappa shape index (κ1) is 17.2. The second-order valence-corrected chi connectivity index (χ2v) is 5.94. The zero-order chi connectivity index (χ0) is 15.9. The minimum absolute atomic E-state index is 0.159. The topological polar surface area (TPSA) is 55.8 Å². The van der Waals surface area contributed by atoms with Crippen LogP contribution in [-0.2, 0) is 4.79 Å². The fourth-order valence-electron chi connectivity index (χ4n) is 1.58. The molecule has 21 heavy (non-hydrogen) atoms. The molecule has 116 valence electrons. The molecule has 0 aliphatic heterocycles. The Morgan fingerprint density at radius 3 is 2.29 bits per heavy atom. The van der Waals surface area contributed by atoms with Crippen molar-refractivity contribution in [2.24, 2.45) is 5.41 Å². The second kappa shape index (κ2) is 7.84. The number of esters is 1. The molecule has 0 radical (unpaired) electrons. The van der Waals surface area contributed by atoms with Crippen molar-refractivity contribution in [3.63, 3.8) is 0 Å². The van der Waals surface area contributed by atoms with E-state index >= 15 is 0 Å². The summed E-state index contributed by atoms with van der Waals surface area (Å²) in [7, 11) is 1.58. The maximum Gasteiger partial charge on any atom is 0.315 e. The molecule has 0 fully saturated rings. The molecule has 0 aliphatic carbocycles. The lowest BCUT2D eigenvalue weighted by Crippen LogP contribution is -2.25. The van der Waals surface area contributed by atoms with Crippen LogP contribution in [-0.4, -0.2) is 24.3 Å². The van der Waals surface area contributed by atoms with Crippen LogP contribution in [0.3, 0.4) is 0 Å². The Morgan fingerprint density at radius 1 is 1.19 bits per heavy atom. The summed E-state index contributed by atoms with van der Waals surface area (Å²) in [5.74, 6) is 0.872. The van der Waals surface area contributed by atoms with Crippen molar-refractivity contribution >= 4 is 5.97 Å². The highest BCUT2D eigenvalue weighted by Crippen LogP contribution is 2.22. The van der Waals surface area contributed by atoms with Crippen molar-refractivity contribution in [2.45, 2.75) is 39.7 Å². The van der Waals surface area contributed by atoms with Crippen LogP contribution >= 0.6 is 0 Å². The first-order valence-corrected chi connectivity index (χ1v) is 7.00. The summed E-state index contributed by atoms with van der Waals surface area (Å²) >= 11 is 0. The molecule has 1 rings (SSSR count). The monoisotopic (exact) mass is 292 g/mol. The fourth-order valence-corrected chi connectivity index (χ4v) is 1.58. The van der Waals surface area contributed by atoms with Gasteiger partial charge in [-0.25, -0.2) is 0 Å². The smallest absolute Gasteiger partial charge is 0.315 e. The lowest BCUT2D eigenvalue weighted by Gasteiger charge is -2.24. The average molecular weight is 292 g/mol. The molecule has 0 aromatic heterocycles. The Labute approximate surface area is 126 Å². The molecular weight excluding hydrogens is 268 g/mol. The minimum Gasteiger partial charge on any atom is -0.497 e. The van der Waals surface area contributed by atoms with E-state index < -0.39 is 6.10 Å². The van der Waals surface area contributed by atoms with Gasteiger partial charge in [-0.1, -0.05) is 32.9 Å². The molecule has 1 N–H and O–H groups in total. The third-order valence-electron chi connectivity index (χ3n) is 3.10.